The zero-order valence-corrected chi connectivity index (χ0v) is 23.5. The van der Waals surface area contributed by atoms with Gasteiger partial charge in [0.1, 0.15) is 6.61 Å². The van der Waals surface area contributed by atoms with E-state index in [1.807, 2.05) is 0 Å². The number of carbonyl (C=O) groups is 4. The first kappa shape index (κ1) is 30.9. The van der Waals surface area contributed by atoms with Crippen LogP contribution in [-0.2, 0) is 38.1 Å². The molecule has 1 fully saturated rings. The number of ether oxygens (including phenoxy) is 4. The van der Waals surface area contributed by atoms with E-state index in [2.05, 4.69) is 5.32 Å². The first-order valence-corrected chi connectivity index (χ1v) is 12.1. The predicted molar refractivity (Wildman–Crippen MR) is 130 cm³/mol. The smallest absolute Gasteiger partial charge is 0.311 e. The van der Waals surface area contributed by atoms with Gasteiger partial charge in [-0.3, -0.25) is 19.2 Å². The molecule has 9 nitrogen and oxygen atoms in total. The third kappa shape index (κ3) is 9.09. The highest BCUT2D eigenvalue weighted by Crippen LogP contribution is 2.29. The second-order valence-electron chi connectivity index (χ2n) is 13.3. The zero-order chi connectivity index (χ0) is 27.6. The van der Waals surface area contributed by atoms with Crippen LogP contribution < -0.4 is 5.32 Å². The van der Waals surface area contributed by atoms with Crippen molar-refractivity contribution in [3.8, 4) is 0 Å². The van der Waals surface area contributed by atoms with Gasteiger partial charge in [-0.25, -0.2) is 0 Å². The first-order valence-electron chi connectivity index (χ1n) is 12.1. The topological polar surface area (TPSA) is 117 Å². The third-order valence-corrected chi connectivity index (χ3v) is 5.26. The lowest BCUT2D eigenvalue weighted by molar-refractivity contribution is -0.206. The van der Waals surface area contributed by atoms with Gasteiger partial charge >= 0.3 is 23.9 Å². The summed E-state index contributed by atoms with van der Waals surface area (Å²) in [5, 5.41) is 3.16. The van der Waals surface area contributed by atoms with Gasteiger partial charge in [-0.15, -0.1) is 0 Å². The average Bonchev–Trinajstić information content (AvgIpc) is 2.65. The van der Waals surface area contributed by atoms with Gasteiger partial charge in [0.2, 0.25) is 0 Å². The third-order valence-electron chi connectivity index (χ3n) is 5.26. The predicted octanol–water partition coefficient (Wildman–Crippen LogP) is 3.42. The van der Waals surface area contributed by atoms with Gasteiger partial charge in [-0.05, 0) is 83.1 Å². The van der Waals surface area contributed by atoms with E-state index in [4.69, 9.17) is 18.9 Å². The molecule has 0 spiro atoms. The molecule has 1 N–H and O–H groups in total. The normalized spacial score (nSPS) is 23.8. The van der Waals surface area contributed by atoms with Crippen molar-refractivity contribution in [3.63, 3.8) is 0 Å². The Morgan fingerprint density at radius 3 is 1.37 bits per heavy atom. The number of hydrogen-bond donors (Lipinski definition) is 1. The Labute approximate surface area is 210 Å². The quantitative estimate of drug-likeness (QED) is 0.448. The highest BCUT2D eigenvalue weighted by atomic mass is 16.6. The molecule has 0 aliphatic carbocycles. The molecular formula is C26H45NO8. The summed E-state index contributed by atoms with van der Waals surface area (Å²) in [6.07, 6.45) is -3.08. The van der Waals surface area contributed by atoms with Gasteiger partial charge in [0.05, 0.1) is 27.7 Å². The molecule has 1 heterocycles. The summed E-state index contributed by atoms with van der Waals surface area (Å²) in [6.45, 7) is 20.5. The molecule has 0 unspecified atom stereocenters. The summed E-state index contributed by atoms with van der Waals surface area (Å²) in [7, 11) is 0. The standard InChI is InChI=1S/C26H45NO8/c1-23(2,3)19(28)32-14-15-17(34-21(30)25(7,8)9)18(35-22(31)26(10,11)12)16(13-27-15)33-20(29)24(4,5)6/h15-18,27H,13-14H2,1-12H3/t15-,16-,17+,18+/m0/s1. The highest BCUT2D eigenvalue weighted by Gasteiger charge is 2.49. The fraction of sp³-hybridized carbons (Fsp3) is 0.846. The van der Waals surface area contributed by atoms with Crippen molar-refractivity contribution >= 4 is 23.9 Å². The van der Waals surface area contributed by atoms with Crippen LogP contribution in [0.1, 0.15) is 83.1 Å². The molecule has 4 atom stereocenters. The Bertz CT molecular complexity index is 792. The van der Waals surface area contributed by atoms with E-state index in [0.29, 0.717) is 0 Å². The average molecular weight is 500 g/mol. The Hall–Kier alpha value is -2.16. The summed E-state index contributed by atoms with van der Waals surface area (Å²) in [6, 6.07) is -0.685. The molecule has 1 rings (SSSR count). The van der Waals surface area contributed by atoms with Crippen molar-refractivity contribution in [1.29, 1.82) is 0 Å². The molecule has 0 saturated carbocycles. The van der Waals surface area contributed by atoms with Gasteiger partial charge in [-0.2, -0.15) is 0 Å². The number of nitrogens with one attached hydrogen (secondary N) is 1. The molecule has 0 amide bonds. The Morgan fingerprint density at radius 2 is 0.971 bits per heavy atom. The minimum atomic E-state index is -1.10. The summed E-state index contributed by atoms with van der Waals surface area (Å²) >= 11 is 0. The van der Waals surface area contributed by atoms with Gasteiger partial charge in [0, 0.05) is 6.54 Å². The number of esters is 4. The molecule has 1 aliphatic heterocycles. The molecule has 35 heavy (non-hydrogen) atoms. The van der Waals surface area contributed by atoms with Crippen LogP contribution in [0.3, 0.4) is 0 Å². The van der Waals surface area contributed by atoms with E-state index in [0.717, 1.165) is 0 Å². The number of piperidine rings is 1. The van der Waals surface area contributed by atoms with Gasteiger partial charge in [0.25, 0.3) is 0 Å². The Morgan fingerprint density at radius 1 is 0.600 bits per heavy atom. The molecule has 0 aromatic rings. The number of rotatable bonds is 5. The molecule has 0 radical (unpaired) electrons. The van der Waals surface area contributed by atoms with Crippen LogP contribution in [0.5, 0.6) is 0 Å². The van der Waals surface area contributed by atoms with Crippen molar-refractivity contribution in [2.75, 3.05) is 13.2 Å². The first-order chi connectivity index (χ1) is 15.5. The lowest BCUT2D eigenvalue weighted by Crippen LogP contribution is -2.65. The second-order valence-corrected chi connectivity index (χ2v) is 13.3. The van der Waals surface area contributed by atoms with Crippen molar-refractivity contribution in [2.24, 2.45) is 21.7 Å². The van der Waals surface area contributed by atoms with E-state index in [-0.39, 0.29) is 13.2 Å². The van der Waals surface area contributed by atoms with Gasteiger partial charge in [0.15, 0.2) is 18.3 Å². The van der Waals surface area contributed by atoms with Crippen LogP contribution in [0.25, 0.3) is 0 Å². The maximum Gasteiger partial charge on any atom is 0.311 e. The second kappa shape index (κ2) is 10.8. The van der Waals surface area contributed by atoms with E-state index in [9.17, 15) is 19.2 Å². The van der Waals surface area contributed by atoms with Crippen LogP contribution in [0.2, 0.25) is 0 Å². The summed E-state index contributed by atoms with van der Waals surface area (Å²) in [4.78, 5) is 50.9. The van der Waals surface area contributed by atoms with Crippen molar-refractivity contribution in [1.82, 2.24) is 5.32 Å². The van der Waals surface area contributed by atoms with E-state index in [1.54, 1.807) is 83.1 Å². The summed E-state index contributed by atoms with van der Waals surface area (Å²) in [5.41, 5.74) is -3.22. The minimum absolute atomic E-state index is 0.116. The number of hydrogen-bond acceptors (Lipinski definition) is 9. The molecule has 0 aromatic carbocycles. The van der Waals surface area contributed by atoms with Crippen molar-refractivity contribution in [3.05, 3.63) is 0 Å². The maximum atomic E-state index is 12.9. The fourth-order valence-corrected chi connectivity index (χ4v) is 2.79. The van der Waals surface area contributed by atoms with Crippen molar-refractivity contribution < 1.29 is 38.1 Å². The van der Waals surface area contributed by atoms with Gasteiger partial charge in [-0.1, -0.05) is 0 Å². The zero-order valence-electron chi connectivity index (χ0n) is 23.5. The molecular weight excluding hydrogens is 454 g/mol. The Kier molecular flexibility index (Phi) is 9.57. The van der Waals surface area contributed by atoms with Crippen LogP contribution in [-0.4, -0.2) is 61.4 Å². The lowest BCUT2D eigenvalue weighted by Gasteiger charge is -2.43. The Balaban J connectivity index is 3.38. The lowest BCUT2D eigenvalue weighted by atomic mass is 9.91. The molecule has 9 heteroatoms. The van der Waals surface area contributed by atoms with Crippen LogP contribution in [0.15, 0.2) is 0 Å². The van der Waals surface area contributed by atoms with E-state index in [1.165, 1.54) is 0 Å². The molecule has 202 valence electrons. The van der Waals surface area contributed by atoms with Crippen LogP contribution in [0.4, 0.5) is 0 Å². The van der Waals surface area contributed by atoms with E-state index >= 15 is 0 Å². The molecule has 1 saturated heterocycles. The highest BCUT2D eigenvalue weighted by molar-refractivity contribution is 5.78. The summed E-state index contributed by atoms with van der Waals surface area (Å²) < 4.78 is 22.9. The minimum Gasteiger partial charge on any atom is -0.463 e. The van der Waals surface area contributed by atoms with Crippen LogP contribution >= 0.6 is 0 Å². The molecule has 1 aliphatic rings. The van der Waals surface area contributed by atoms with Crippen molar-refractivity contribution in [2.45, 2.75) is 107 Å². The fourth-order valence-electron chi connectivity index (χ4n) is 2.79. The molecule has 0 aromatic heterocycles. The SMILES string of the molecule is CC(C)(C)C(=O)OC[C@@H]1NC[C@H](OC(=O)C(C)(C)C)[C@@H](OC(=O)C(C)(C)C)[C@@H]1OC(=O)C(C)(C)C. The monoisotopic (exact) mass is 499 g/mol. The van der Waals surface area contributed by atoms with Crippen LogP contribution in [0, 0.1) is 21.7 Å². The summed E-state index contributed by atoms with van der Waals surface area (Å²) in [5.74, 6) is -1.98. The van der Waals surface area contributed by atoms with Gasteiger partial charge < -0.3 is 24.3 Å². The van der Waals surface area contributed by atoms with E-state index < -0.39 is 69.9 Å². The largest absolute Gasteiger partial charge is 0.463 e. The number of carbonyl (C=O) groups excluding carboxylic acids is 4. The maximum absolute atomic E-state index is 12.9. The molecule has 0 bridgehead atoms.